The zero-order valence-electron chi connectivity index (χ0n) is 11.7. The molecule has 0 aliphatic heterocycles. The Balaban J connectivity index is 2.04. The molecule has 19 heavy (non-hydrogen) atoms. The van der Waals surface area contributed by atoms with Crippen LogP contribution in [0.3, 0.4) is 0 Å². The van der Waals surface area contributed by atoms with Gasteiger partial charge in [0.25, 0.3) is 0 Å². The Morgan fingerprint density at radius 1 is 1.37 bits per heavy atom. The van der Waals surface area contributed by atoms with Crippen LogP contribution in [-0.4, -0.2) is 22.3 Å². The fraction of sp³-hybridized carbons (Fsp3) is 0.429. The van der Waals surface area contributed by atoms with Gasteiger partial charge in [-0.2, -0.15) is 0 Å². The third-order valence-electron chi connectivity index (χ3n) is 2.58. The number of carbonyl (C=O) groups is 1. The molecule has 5 nitrogen and oxygen atoms in total. The monoisotopic (exact) mass is 261 g/mol. The van der Waals surface area contributed by atoms with Crippen LogP contribution in [0.1, 0.15) is 20.8 Å². The van der Waals surface area contributed by atoms with Crippen LogP contribution in [0.5, 0.6) is 0 Å². The zero-order valence-corrected chi connectivity index (χ0v) is 11.7. The van der Waals surface area contributed by atoms with Crippen molar-refractivity contribution in [2.24, 2.45) is 12.5 Å². The molecule has 1 N–H and O–H groups in total. The molecule has 2 rings (SSSR count). The molecule has 0 aliphatic rings. The van der Waals surface area contributed by atoms with E-state index >= 15 is 0 Å². The Bertz CT molecular complexity index is 596. The van der Waals surface area contributed by atoms with Gasteiger partial charge in [-0.1, -0.05) is 20.8 Å². The van der Waals surface area contributed by atoms with Crippen molar-refractivity contribution in [1.29, 1.82) is 0 Å². The second-order valence-electron chi connectivity index (χ2n) is 5.80. The van der Waals surface area contributed by atoms with Crippen molar-refractivity contribution in [3.63, 3.8) is 0 Å². The third kappa shape index (κ3) is 3.47. The number of pyridine rings is 1. The Morgan fingerprint density at radius 2 is 2.11 bits per heavy atom. The number of amides is 1. The average Bonchev–Trinajstić information content (AvgIpc) is 2.68. The van der Waals surface area contributed by atoms with Crippen LogP contribution in [-0.2, 0) is 11.8 Å². The molecule has 0 spiro atoms. The Labute approximate surface area is 112 Å². The standard InChI is InChI=1S/C14H19N3O2/c1-14(2,3)9-19-13(18)16-11-6-5-10-7-8-17(4)12(10)15-11/h5-8H,9H2,1-4H3,(H,15,16,18). The summed E-state index contributed by atoms with van der Waals surface area (Å²) in [5.74, 6) is 0.494. The number of nitrogens with zero attached hydrogens (tertiary/aromatic N) is 2. The van der Waals surface area contributed by atoms with Crippen LogP contribution in [0, 0.1) is 5.41 Å². The van der Waals surface area contributed by atoms with E-state index in [0.29, 0.717) is 12.4 Å². The predicted molar refractivity (Wildman–Crippen MR) is 75.1 cm³/mol. The number of anilines is 1. The van der Waals surface area contributed by atoms with Gasteiger partial charge in [0.2, 0.25) is 0 Å². The summed E-state index contributed by atoms with van der Waals surface area (Å²) in [5.41, 5.74) is 0.779. The summed E-state index contributed by atoms with van der Waals surface area (Å²) in [6.45, 7) is 6.39. The van der Waals surface area contributed by atoms with Gasteiger partial charge >= 0.3 is 6.09 Å². The minimum Gasteiger partial charge on any atom is -0.449 e. The van der Waals surface area contributed by atoms with E-state index in [0.717, 1.165) is 11.0 Å². The van der Waals surface area contributed by atoms with E-state index in [9.17, 15) is 4.79 Å². The fourth-order valence-electron chi connectivity index (χ4n) is 1.63. The molecule has 1 amide bonds. The number of hydrogen-bond acceptors (Lipinski definition) is 3. The van der Waals surface area contributed by atoms with Crippen molar-refractivity contribution in [1.82, 2.24) is 9.55 Å². The lowest BCUT2D eigenvalue weighted by molar-refractivity contribution is 0.118. The van der Waals surface area contributed by atoms with E-state index in [4.69, 9.17) is 4.74 Å². The first kappa shape index (κ1) is 13.4. The number of ether oxygens (including phenoxy) is 1. The van der Waals surface area contributed by atoms with Gasteiger partial charge in [-0.15, -0.1) is 0 Å². The molecule has 0 aromatic carbocycles. The van der Waals surface area contributed by atoms with Gasteiger partial charge in [0.05, 0.1) is 6.61 Å². The molecule has 5 heteroatoms. The highest BCUT2D eigenvalue weighted by atomic mass is 16.5. The molecule has 0 radical (unpaired) electrons. The molecule has 0 bridgehead atoms. The number of carbonyl (C=O) groups excluding carboxylic acids is 1. The van der Waals surface area contributed by atoms with Crippen LogP contribution in [0.15, 0.2) is 24.4 Å². The lowest BCUT2D eigenvalue weighted by Crippen LogP contribution is -2.22. The molecule has 2 heterocycles. The lowest BCUT2D eigenvalue weighted by Gasteiger charge is -2.17. The van der Waals surface area contributed by atoms with Crippen molar-refractivity contribution in [2.45, 2.75) is 20.8 Å². The van der Waals surface area contributed by atoms with Gasteiger partial charge in [0, 0.05) is 18.6 Å². The van der Waals surface area contributed by atoms with E-state index in [1.807, 2.05) is 50.7 Å². The average molecular weight is 261 g/mol. The highest BCUT2D eigenvalue weighted by Gasteiger charge is 2.14. The quantitative estimate of drug-likeness (QED) is 0.903. The second kappa shape index (κ2) is 4.91. The maximum Gasteiger partial charge on any atom is 0.412 e. The minimum absolute atomic E-state index is 0.0488. The second-order valence-corrected chi connectivity index (χ2v) is 5.80. The van der Waals surface area contributed by atoms with Crippen molar-refractivity contribution < 1.29 is 9.53 Å². The first-order valence-corrected chi connectivity index (χ1v) is 6.21. The maximum absolute atomic E-state index is 11.6. The summed E-state index contributed by atoms with van der Waals surface area (Å²) in [6.07, 6.45) is 1.45. The van der Waals surface area contributed by atoms with Crippen LogP contribution in [0.2, 0.25) is 0 Å². The summed E-state index contributed by atoms with van der Waals surface area (Å²) in [5, 5.41) is 3.68. The molecule has 0 fully saturated rings. The predicted octanol–water partition coefficient (Wildman–Crippen LogP) is 3.17. The molecule has 2 aromatic rings. The minimum atomic E-state index is -0.476. The van der Waals surface area contributed by atoms with E-state index in [-0.39, 0.29) is 5.41 Å². The van der Waals surface area contributed by atoms with Crippen molar-refractivity contribution in [2.75, 3.05) is 11.9 Å². The Hall–Kier alpha value is -2.04. The smallest absolute Gasteiger partial charge is 0.412 e. The Kier molecular flexibility index (Phi) is 3.46. The topological polar surface area (TPSA) is 56.2 Å². The number of aromatic nitrogens is 2. The van der Waals surface area contributed by atoms with Crippen LogP contribution in [0.25, 0.3) is 11.0 Å². The normalized spacial score (nSPS) is 11.6. The highest BCUT2D eigenvalue weighted by Crippen LogP contribution is 2.16. The van der Waals surface area contributed by atoms with Crippen molar-refractivity contribution in [3.8, 4) is 0 Å². The van der Waals surface area contributed by atoms with E-state index < -0.39 is 6.09 Å². The number of aryl methyl sites for hydroxylation is 1. The van der Waals surface area contributed by atoms with Gasteiger partial charge in [0.1, 0.15) is 11.5 Å². The molecule has 0 aliphatic carbocycles. The first-order chi connectivity index (χ1) is 8.85. The van der Waals surface area contributed by atoms with Gasteiger partial charge in [0.15, 0.2) is 0 Å². The molecule has 102 valence electrons. The largest absolute Gasteiger partial charge is 0.449 e. The molecule has 2 aromatic heterocycles. The number of rotatable bonds is 2. The maximum atomic E-state index is 11.6. The van der Waals surface area contributed by atoms with Crippen molar-refractivity contribution in [3.05, 3.63) is 24.4 Å². The van der Waals surface area contributed by atoms with E-state index in [1.165, 1.54) is 0 Å². The molecular weight excluding hydrogens is 242 g/mol. The van der Waals surface area contributed by atoms with Gasteiger partial charge in [-0.3, -0.25) is 5.32 Å². The molecule has 0 atom stereocenters. The zero-order chi connectivity index (χ0) is 14.0. The SMILES string of the molecule is Cn1ccc2ccc(NC(=O)OCC(C)(C)C)nc21. The summed E-state index contributed by atoms with van der Waals surface area (Å²) in [6, 6.07) is 5.66. The van der Waals surface area contributed by atoms with Crippen LogP contribution in [0.4, 0.5) is 10.6 Å². The van der Waals surface area contributed by atoms with E-state index in [1.54, 1.807) is 6.07 Å². The summed E-state index contributed by atoms with van der Waals surface area (Å²) in [4.78, 5) is 16.0. The van der Waals surface area contributed by atoms with Crippen LogP contribution < -0.4 is 5.32 Å². The lowest BCUT2D eigenvalue weighted by atomic mass is 9.99. The summed E-state index contributed by atoms with van der Waals surface area (Å²) < 4.78 is 7.04. The molecule has 0 unspecified atom stereocenters. The van der Waals surface area contributed by atoms with Crippen LogP contribution >= 0.6 is 0 Å². The molecule has 0 saturated heterocycles. The number of fused-ring (bicyclic) bond motifs is 1. The third-order valence-corrected chi connectivity index (χ3v) is 2.58. The van der Waals surface area contributed by atoms with E-state index in [2.05, 4.69) is 10.3 Å². The van der Waals surface area contributed by atoms with Gasteiger partial charge < -0.3 is 9.30 Å². The summed E-state index contributed by atoms with van der Waals surface area (Å²) >= 11 is 0. The van der Waals surface area contributed by atoms with Crippen molar-refractivity contribution >= 4 is 22.9 Å². The summed E-state index contributed by atoms with van der Waals surface area (Å²) in [7, 11) is 1.91. The van der Waals surface area contributed by atoms with Gasteiger partial charge in [-0.25, -0.2) is 9.78 Å². The number of hydrogen-bond donors (Lipinski definition) is 1. The Morgan fingerprint density at radius 3 is 2.79 bits per heavy atom. The number of nitrogens with one attached hydrogen (secondary N) is 1. The molecular formula is C14H19N3O2. The highest BCUT2D eigenvalue weighted by molar-refractivity contribution is 5.86. The first-order valence-electron chi connectivity index (χ1n) is 6.21. The fourth-order valence-corrected chi connectivity index (χ4v) is 1.63. The van der Waals surface area contributed by atoms with Gasteiger partial charge in [-0.05, 0) is 23.6 Å². The molecule has 0 saturated carbocycles.